The van der Waals surface area contributed by atoms with Crippen LogP contribution in [0.1, 0.15) is 46.6 Å². The largest absolute Gasteiger partial charge is 0.457 e. The van der Waals surface area contributed by atoms with Crippen LogP contribution in [-0.2, 0) is 5.41 Å². The van der Waals surface area contributed by atoms with Crippen LogP contribution in [-0.4, -0.2) is 4.92 Å². The zero-order chi connectivity index (χ0) is 18.0. The van der Waals surface area contributed by atoms with Gasteiger partial charge in [-0.1, -0.05) is 46.8 Å². The van der Waals surface area contributed by atoms with Crippen LogP contribution in [0.25, 0.3) is 0 Å². The SMILES string of the molecule is CC(C)(C)CC(C)(C)c1cccc(Oc2ccc([N+](=O)[O-])cc2)c1. The molecule has 0 N–H and O–H groups in total. The maximum Gasteiger partial charge on any atom is 0.269 e. The molecule has 0 saturated heterocycles. The van der Waals surface area contributed by atoms with E-state index in [1.165, 1.54) is 17.7 Å². The summed E-state index contributed by atoms with van der Waals surface area (Å²) in [5.74, 6) is 1.33. The summed E-state index contributed by atoms with van der Waals surface area (Å²) in [5, 5.41) is 10.7. The lowest BCUT2D eigenvalue weighted by Gasteiger charge is -2.33. The molecule has 0 saturated carbocycles. The Kier molecular flexibility index (Phi) is 4.97. The normalized spacial score (nSPS) is 12.0. The van der Waals surface area contributed by atoms with Crippen molar-refractivity contribution in [3.8, 4) is 11.5 Å². The highest BCUT2D eigenvalue weighted by molar-refractivity contribution is 5.40. The van der Waals surface area contributed by atoms with Gasteiger partial charge in [0.05, 0.1) is 4.92 Å². The van der Waals surface area contributed by atoms with Crippen LogP contribution < -0.4 is 4.74 Å². The Hall–Kier alpha value is -2.36. The molecule has 0 aliphatic heterocycles. The summed E-state index contributed by atoms with van der Waals surface area (Å²) < 4.78 is 5.86. The van der Waals surface area contributed by atoms with E-state index < -0.39 is 4.92 Å². The average Bonchev–Trinajstić information content (AvgIpc) is 2.45. The summed E-state index contributed by atoms with van der Waals surface area (Å²) in [7, 11) is 0. The van der Waals surface area contributed by atoms with Gasteiger partial charge in [0.25, 0.3) is 5.69 Å². The van der Waals surface area contributed by atoms with Gasteiger partial charge < -0.3 is 4.74 Å². The maximum absolute atomic E-state index is 10.7. The van der Waals surface area contributed by atoms with E-state index in [0.29, 0.717) is 5.75 Å². The number of rotatable bonds is 5. The van der Waals surface area contributed by atoms with Gasteiger partial charge in [-0.15, -0.1) is 0 Å². The number of benzene rings is 2. The molecule has 0 fully saturated rings. The second-order valence-corrected chi connectivity index (χ2v) is 8.00. The van der Waals surface area contributed by atoms with Crippen molar-refractivity contribution in [2.24, 2.45) is 5.41 Å². The van der Waals surface area contributed by atoms with E-state index >= 15 is 0 Å². The van der Waals surface area contributed by atoms with E-state index in [2.05, 4.69) is 40.7 Å². The van der Waals surface area contributed by atoms with Gasteiger partial charge in [0, 0.05) is 12.1 Å². The molecule has 4 heteroatoms. The predicted octanol–water partition coefficient (Wildman–Crippen LogP) is 6.10. The first-order chi connectivity index (χ1) is 11.1. The minimum absolute atomic E-state index is 0.0348. The Labute approximate surface area is 143 Å². The molecule has 0 aromatic heterocycles. The van der Waals surface area contributed by atoms with E-state index in [0.717, 1.165) is 12.2 Å². The topological polar surface area (TPSA) is 52.4 Å². The number of nitro benzene ring substituents is 1. The number of ether oxygens (including phenoxy) is 1. The lowest BCUT2D eigenvalue weighted by Crippen LogP contribution is -2.24. The number of hydrogen-bond acceptors (Lipinski definition) is 3. The number of nitro groups is 1. The first kappa shape index (κ1) is 18.0. The van der Waals surface area contributed by atoms with Crippen molar-refractivity contribution < 1.29 is 9.66 Å². The second-order valence-electron chi connectivity index (χ2n) is 8.00. The number of nitrogens with zero attached hydrogens (tertiary/aromatic N) is 1. The molecule has 4 nitrogen and oxygen atoms in total. The summed E-state index contributed by atoms with van der Waals surface area (Å²) >= 11 is 0. The van der Waals surface area contributed by atoms with E-state index in [9.17, 15) is 10.1 Å². The van der Waals surface area contributed by atoms with Crippen LogP contribution in [0.15, 0.2) is 48.5 Å². The van der Waals surface area contributed by atoms with Gasteiger partial charge in [0.1, 0.15) is 11.5 Å². The summed E-state index contributed by atoms with van der Waals surface area (Å²) in [5.41, 5.74) is 1.55. The molecule has 0 radical (unpaired) electrons. The van der Waals surface area contributed by atoms with Crippen molar-refractivity contribution in [2.75, 3.05) is 0 Å². The Bertz CT molecular complexity index is 712. The van der Waals surface area contributed by atoms with Crippen LogP contribution >= 0.6 is 0 Å². The van der Waals surface area contributed by atoms with Crippen LogP contribution in [0.5, 0.6) is 11.5 Å². The lowest BCUT2D eigenvalue weighted by molar-refractivity contribution is -0.384. The lowest BCUT2D eigenvalue weighted by atomic mass is 9.72. The molecule has 2 rings (SSSR count). The Morgan fingerprint density at radius 2 is 1.58 bits per heavy atom. The van der Waals surface area contributed by atoms with Crippen molar-refractivity contribution >= 4 is 5.69 Å². The molecular formula is C20H25NO3. The summed E-state index contributed by atoms with van der Waals surface area (Å²) in [6.07, 6.45) is 1.06. The van der Waals surface area contributed by atoms with Crippen molar-refractivity contribution in [2.45, 2.75) is 46.5 Å². The summed E-state index contributed by atoms with van der Waals surface area (Å²) in [6.45, 7) is 11.2. The third-order valence-corrected chi connectivity index (χ3v) is 3.87. The van der Waals surface area contributed by atoms with Gasteiger partial charge in [0.2, 0.25) is 0 Å². The fourth-order valence-corrected chi connectivity index (χ4v) is 3.18. The van der Waals surface area contributed by atoms with E-state index in [1.807, 2.05) is 18.2 Å². The monoisotopic (exact) mass is 327 g/mol. The van der Waals surface area contributed by atoms with Gasteiger partial charge in [-0.25, -0.2) is 0 Å². The molecule has 0 amide bonds. The molecule has 0 spiro atoms. The van der Waals surface area contributed by atoms with E-state index in [1.54, 1.807) is 12.1 Å². The minimum atomic E-state index is -0.417. The first-order valence-electron chi connectivity index (χ1n) is 8.10. The molecule has 0 heterocycles. The molecule has 0 unspecified atom stereocenters. The van der Waals surface area contributed by atoms with Gasteiger partial charge in [0.15, 0.2) is 0 Å². The molecular weight excluding hydrogens is 302 g/mol. The Morgan fingerprint density at radius 3 is 2.12 bits per heavy atom. The molecule has 2 aromatic rings. The maximum atomic E-state index is 10.7. The van der Waals surface area contributed by atoms with Crippen LogP contribution in [0.4, 0.5) is 5.69 Å². The molecule has 128 valence electrons. The molecule has 0 aliphatic rings. The molecule has 0 aliphatic carbocycles. The smallest absolute Gasteiger partial charge is 0.269 e. The molecule has 0 bridgehead atoms. The summed E-state index contributed by atoms with van der Waals surface area (Å²) in [6, 6.07) is 14.2. The van der Waals surface area contributed by atoms with Crippen molar-refractivity contribution in [1.29, 1.82) is 0 Å². The summed E-state index contributed by atoms with van der Waals surface area (Å²) in [4.78, 5) is 10.3. The van der Waals surface area contributed by atoms with Crippen molar-refractivity contribution in [3.63, 3.8) is 0 Å². The highest BCUT2D eigenvalue weighted by Crippen LogP contribution is 2.37. The standard InChI is InChI=1S/C20H25NO3/c1-19(2,3)14-20(4,5)15-7-6-8-18(13-15)24-17-11-9-16(10-12-17)21(22)23/h6-13H,14H2,1-5H3. The zero-order valence-electron chi connectivity index (χ0n) is 15.0. The van der Waals surface area contributed by atoms with Crippen LogP contribution in [0.2, 0.25) is 0 Å². The molecule has 0 atom stereocenters. The van der Waals surface area contributed by atoms with Crippen molar-refractivity contribution in [3.05, 3.63) is 64.2 Å². The Morgan fingerprint density at radius 1 is 0.958 bits per heavy atom. The zero-order valence-corrected chi connectivity index (χ0v) is 15.0. The van der Waals surface area contributed by atoms with Crippen molar-refractivity contribution in [1.82, 2.24) is 0 Å². The van der Waals surface area contributed by atoms with Gasteiger partial charge in [-0.05, 0) is 47.1 Å². The fraction of sp³-hybridized carbons (Fsp3) is 0.400. The number of non-ortho nitro benzene ring substituents is 1. The van der Waals surface area contributed by atoms with E-state index in [4.69, 9.17) is 4.74 Å². The third kappa shape index (κ3) is 4.82. The van der Waals surface area contributed by atoms with Gasteiger partial charge in [-0.3, -0.25) is 10.1 Å². The Balaban J connectivity index is 2.19. The molecule has 2 aromatic carbocycles. The highest BCUT2D eigenvalue weighted by atomic mass is 16.6. The van der Waals surface area contributed by atoms with E-state index in [-0.39, 0.29) is 16.5 Å². The van der Waals surface area contributed by atoms with Gasteiger partial charge >= 0.3 is 0 Å². The van der Waals surface area contributed by atoms with Crippen LogP contribution in [0.3, 0.4) is 0 Å². The first-order valence-corrected chi connectivity index (χ1v) is 8.10. The predicted molar refractivity (Wildman–Crippen MR) is 96.7 cm³/mol. The average molecular weight is 327 g/mol. The quantitative estimate of drug-likeness (QED) is 0.492. The number of hydrogen-bond donors (Lipinski definition) is 0. The highest BCUT2D eigenvalue weighted by Gasteiger charge is 2.27. The van der Waals surface area contributed by atoms with Gasteiger partial charge in [-0.2, -0.15) is 0 Å². The van der Waals surface area contributed by atoms with Crippen LogP contribution in [0, 0.1) is 15.5 Å². The second kappa shape index (κ2) is 6.63. The fourth-order valence-electron chi connectivity index (χ4n) is 3.18. The third-order valence-electron chi connectivity index (χ3n) is 3.87. The molecule has 24 heavy (non-hydrogen) atoms. The minimum Gasteiger partial charge on any atom is -0.457 e.